The quantitative estimate of drug-likeness (QED) is 0.320. The van der Waals surface area contributed by atoms with Crippen LogP contribution in [0.1, 0.15) is 46.5 Å². The van der Waals surface area contributed by atoms with E-state index in [0.717, 1.165) is 22.3 Å². The Balaban J connectivity index is 1.40. The van der Waals surface area contributed by atoms with E-state index in [4.69, 9.17) is 14.5 Å². The van der Waals surface area contributed by atoms with Gasteiger partial charge in [-0.1, -0.05) is 121 Å². The van der Waals surface area contributed by atoms with Crippen molar-refractivity contribution in [1.82, 2.24) is 5.32 Å². The summed E-state index contributed by atoms with van der Waals surface area (Å²) in [5.74, 6) is 0.665. The molecule has 4 aromatic rings. The summed E-state index contributed by atoms with van der Waals surface area (Å²) in [5.41, 5.74) is 4.39. The average Bonchev–Trinajstić information content (AvgIpc) is 3.61. The molecule has 37 heavy (non-hydrogen) atoms. The van der Waals surface area contributed by atoms with E-state index in [-0.39, 0.29) is 35.8 Å². The van der Waals surface area contributed by atoms with Crippen LogP contribution >= 0.6 is 0 Å². The van der Waals surface area contributed by atoms with E-state index < -0.39 is 0 Å². The number of hydrogen-bond acceptors (Lipinski definition) is 5. The Morgan fingerprint density at radius 1 is 0.622 bits per heavy atom. The van der Waals surface area contributed by atoms with Crippen LogP contribution in [0.4, 0.5) is 0 Å². The van der Waals surface area contributed by atoms with Crippen LogP contribution in [0.25, 0.3) is 0 Å². The topological polar surface area (TPSA) is 66.6 Å². The van der Waals surface area contributed by atoms with Crippen molar-refractivity contribution in [3.63, 3.8) is 0 Å². The standard InChI is InChI=1S/C32H25N3O2/c33-21-26(31-34-27(22-13-5-1-6-14-22)29(36-31)24-17-9-3-10-18-24)32-35-28(23-15-7-2-8-16-23)30(37-32)25-19-11-4-12-20-25/h1-20,27-30,34H/b31-26+/t27-,28-,29-,30-/m1/s1. The number of nitrogens with one attached hydrogen (secondary N) is 1. The maximum absolute atomic E-state index is 10.3. The number of ether oxygens (including phenoxy) is 2. The van der Waals surface area contributed by atoms with Gasteiger partial charge in [0.25, 0.3) is 0 Å². The summed E-state index contributed by atoms with van der Waals surface area (Å²) in [7, 11) is 0. The van der Waals surface area contributed by atoms with Gasteiger partial charge in [0.05, 0.1) is 6.04 Å². The number of nitrogens with zero attached hydrogens (tertiary/aromatic N) is 2. The summed E-state index contributed by atoms with van der Waals surface area (Å²) < 4.78 is 12.9. The first-order valence-electron chi connectivity index (χ1n) is 12.3. The number of nitriles is 1. The molecule has 5 heteroatoms. The average molecular weight is 484 g/mol. The molecule has 0 spiro atoms. The van der Waals surface area contributed by atoms with Crippen molar-refractivity contribution in [2.24, 2.45) is 4.99 Å². The largest absolute Gasteiger partial charge is 0.467 e. The molecule has 6 rings (SSSR count). The van der Waals surface area contributed by atoms with Gasteiger partial charge in [0.2, 0.25) is 11.8 Å². The van der Waals surface area contributed by atoms with Gasteiger partial charge in [-0.2, -0.15) is 5.26 Å². The maximum atomic E-state index is 10.3. The van der Waals surface area contributed by atoms with Crippen molar-refractivity contribution in [2.45, 2.75) is 24.3 Å². The first-order chi connectivity index (χ1) is 18.3. The molecule has 180 valence electrons. The number of benzene rings is 4. The summed E-state index contributed by atoms with van der Waals surface area (Å²) >= 11 is 0. The lowest BCUT2D eigenvalue weighted by atomic mass is 9.97. The maximum Gasteiger partial charge on any atom is 0.234 e. The van der Waals surface area contributed by atoms with E-state index >= 15 is 0 Å². The lowest BCUT2D eigenvalue weighted by Gasteiger charge is -2.18. The fraction of sp³-hybridized carbons (Fsp3) is 0.125. The highest BCUT2D eigenvalue weighted by atomic mass is 16.5. The number of rotatable bonds is 5. The molecule has 0 radical (unpaired) electrons. The smallest absolute Gasteiger partial charge is 0.234 e. The molecule has 2 heterocycles. The highest BCUT2D eigenvalue weighted by molar-refractivity contribution is 5.99. The normalized spacial score (nSPS) is 23.7. The first kappa shape index (κ1) is 22.6. The van der Waals surface area contributed by atoms with Crippen LogP contribution in [0.5, 0.6) is 0 Å². The zero-order valence-electron chi connectivity index (χ0n) is 20.1. The second-order valence-electron chi connectivity index (χ2n) is 9.04. The van der Waals surface area contributed by atoms with Gasteiger partial charge in [0.1, 0.15) is 18.2 Å². The molecule has 0 amide bonds. The van der Waals surface area contributed by atoms with E-state index in [1.54, 1.807) is 0 Å². The lowest BCUT2D eigenvalue weighted by molar-refractivity contribution is 0.149. The third-order valence-corrected chi connectivity index (χ3v) is 6.72. The molecule has 1 N–H and O–H groups in total. The van der Waals surface area contributed by atoms with Crippen LogP contribution in [0.3, 0.4) is 0 Å². The minimum absolute atomic E-state index is 0.168. The molecule has 1 saturated heterocycles. The summed E-state index contributed by atoms with van der Waals surface area (Å²) in [4.78, 5) is 4.92. The van der Waals surface area contributed by atoms with Crippen LogP contribution in [0.2, 0.25) is 0 Å². The molecule has 5 nitrogen and oxygen atoms in total. The zero-order valence-corrected chi connectivity index (χ0v) is 20.1. The lowest BCUT2D eigenvalue weighted by Crippen LogP contribution is -2.18. The minimum Gasteiger partial charge on any atom is -0.467 e. The Morgan fingerprint density at radius 3 is 1.65 bits per heavy atom. The van der Waals surface area contributed by atoms with E-state index in [1.165, 1.54) is 0 Å². The first-order valence-corrected chi connectivity index (χ1v) is 12.3. The van der Waals surface area contributed by atoms with E-state index in [9.17, 15) is 5.26 Å². The molecule has 0 bridgehead atoms. The molecule has 0 aliphatic carbocycles. The van der Waals surface area contributed by atoms with Crippen molar-refractivity contribution in [3.05, 3.63) is 155 Å². The Hall–Kier alpha value is -4.82. The molecule has 0 unspecified atom stereocenters. The molecular weight excluding hydrogens is 458 g/mol. The predicted molar refractivity (Wildman–Crippen MR) is 142 cm³/mol. The number of aliphatic imine (C=N–C) groups is 1. The third-order valence-electron chi connectivity index (χ3n) is 6.72. The molecule has 2 aliphatic heterocycles. The third kappa shape index (κ3) is 4.46. The van der Waals surface area contributed by atoms with E-state index in [1.807, 2.05) is 109 Å². The summed E-state index contributed by atoms with van der Waals surface area (Å²) in [5, 5.41) is 13.8. The van der Waals surface area contributed by atoms with Gasteiger partial charge in [-0.3, -0.25) is 0 Å². The van der Waals surface area contributed by atoms with Gasteiger partial charge < -0.3 is 14.8 Å². The molecule has 4 aromatic carbocycles. The Labute approximate surface area is 216 Å². The predicted octanol–water partition coefficient (Wildman–Crippen LogP) is 6.74. The number of hydrogen-bond donors (Lipinski definition) is 1. The van der Waals surface area contributed by atoms with Gasteiger partial charge in [-0.25, -0.2) is 4.99 Å². The van der Waals surface area contributed by atoms with Crippen molar-refractivity contribution in [1.29, 1.82) is 5.26 Å². The Bertz CT molecular complexity index is 1410. The summed E-state index contributed by atoms with van der Waals surface area (Å²) in [6, 6.07) is 42.1. The van der Waals surface area contributed by atoms with Gasteiger partial charge in [0.15, 0.2) is 11.7 Å². The van der Waals surface area contributed by atoms with Crippen molar-refractivity contribution >= 4 is 5.90 Å². The van der Waals surface area contributed by atoms with Gasteiger partial charge >= 0.3 is 0 Å². The fourth-order valence-corrected chi connectivity index (χ4v) is 4.92. The molecular formula is C32H25N3O2. The van der Waals surface area contributed by atoms with Crippen LogP contribution in [0.15, 0.2) is 138 Å². The second-order valence-corrected chi connectivity index (χ2v) is 9.04. The summed E-state index contributed by atoms with van der Waals surface area (Å²) in [6.45, 7) is 0. The Kier molecular flexibility index (Phi) is 6.14. The van der Waals surface area contributed by atoms with Gasteiger partial charge in [-0.05, 0) is 22.3 Å². The van der Waals surface area contributed by atoms with Crippen LogP contribution in [-0.4, -0.2) is 5.90 Å². The monoisotopic (exact) mass is 483 g/mol. The van der Waals surface area contributed by atoms with E-state index in [0.29, 0.717) is 5.88 Å². The SMILES string of the molecule is N#C/C(C1=N[C@H](c2ccccc2)[C@@H](c2ccccc2)O1)=C1/N[C@H](c2ccccc2)[C@@H](c2ccccc2)O1. The van der Waals surface area contributed by atoms with Crippen molar-refractivity contribution in [3.8, 4) is 6.07 Å². The second kappa shape index (κ2) is 10.0. The fourth-order valence-electron chi connectivity index (χ4n) is 4.92. The highest BCUT2D eigenvalue weighted by Crippen LogP contribution is 2.44. The molecule has 0 saturated carbocycles. The minimum atomic E-state index is -0.348. The highest BCUT2D eigenvalue weighted by Gasteiger charge is 2.40. The molecule has 2 aliphatic rings. The van der Waals surface area contributed by atoms with Crippen LogP contribution in [0, 0.1) is 11.3 Å². The zero-order chi connectivity index (χ0) is 25.0. The van der Waals surface area contributed by atoms with E-state index in [2.05, 4.69) is 23.5 Å². The molecule has 0 aromatic heterocycles. The molecule has 4 atom stereocenters. The van der Waals surface area contributed by atoms with Crippen molar-refractivity contribution < 1.29 is 9.47 Å². The molecule has 1 fully saturated rings. The van der Waals surface area contributed by atoms with Crippen LogP contribution in [-0.2, 0) is 9.47 Å². The Morgan fingerprint density at radius 2 is 1.11 bits per heavy atom. The van der Waals surface area contributed by atoms with Gasteiger partial charge in [0, 0.05) is 0 Å². The summed E-state index contributed by atoms with van der Waals surface area (Å²) in [6.07, 6.45) is -0.655. The van der Waals surface area contributed by atoms with Crippen molar-refractivity contribution in [2.75, 3.05) is 0 Å². The van der Waals surface area contributed by atoms with Gasteiger partial charge in [-0.15, -0.1) is 0 Å². The van der Waals surface area contributed by atoms with Crippen LogP contribution < -0.4 is 5.32 Å².